The maximum Gasteiger partial charge on any atom is 0.315 e. The van der Waals surface area contributed by atoms with Gasteiger partial charge in [-0.05, 0) is 12.8 Å². The maximum absolute atomic E-state index is 10.6. The topological polar surface area (TPSA) is 46.3 Å². The van der Waals surface area contributed by atoms with Crippen molar-refractivity contribution in [3.05, 3.63) is 12.7 Å². The molecule has 1 fully saturated rings. The van der Waals surface area contributed by atoms with E-state index >= 15 is 0 Å². The number of carbonyl (C=O) groups excluding carboxylic acids is 1. The molecular formula is C7H12N2O. The summed E-state index contributed by atoms with van der Waals surface area (Å²) in [5.74, 6) is 0. The molecule has 1 unspecified atom stereocenters. The summed E-state index contributed by atoms with van der Waals surface area (Å²) in [5.41, 5.74) is 5.07. The minimum Gasteiger partial charge on any atom is -0.351 e. The second-order valence-electron chi connectivity index (χ2n) is 2.50. The van der Waals surface area contributed by atoms with Gasteiger partial charge in [-0.2, -0.15) is 0 Å². The molecule has 3 heteroatoms. The fourth-order valence-electron chi connectivity index (χ4n) is 1.17. The minimum absolute atomic E-state index is 0.307. The third-order valence-corrected chi connectivity index (χ3v) is 1.87. The molecule has 1 heterocycles. The lowest BCUT2D eigenvalue weighted by Crippen LogP contribution is -2.53. The number of nitrogens with zero attached hydrogens (tertiary/aromatic N) is 1. The number of nitrogens with two attached hydrogens (primary N) is 1. The Morgan fingerprint density at radius 3 is 2.90 bits per heavy atom. The number of rotatable bonds is 2. The van der Waals surface area contributed by atoms with Gasteiger partial charge < -0.3 is 10.6 Å². The molecule has 0 bridgehead atoms. The molecule has 0 radical (unpaired) electrons. The minimum atomic E-state index is -0.307. The summed E-state index contributed by atoms with van der Waals surface area (Å²) in [5, 5.41) is 0. The van der Waals surface area contributed by atoms with Gasteiger partial charge >= 0.3 is 6.03 Å². The summed E-state index contributed by atoms with van der Waals surface area (Å²) < 4.78 is 0. The number of likely N-dealkylation sites (tertiary alicyclic amines) is 1. The van der Waals surface area contributed by atoms with Crippen LogP contribution in [0.4, 0.5) is 4.79 Å². The molecule has 1 rings (SSSR count). The fourth-order valence-corrected chi connectivity index (χ4v) is 1.17. The largest absolute Gasteiger partial charge is 0.351 e. The summed E-state index contributed by atoms with van der Waals surface area (Å²) in [4.78, 5) is 12.2. The van der Waals surface area contributed by atoms with Crippen LogP contribution in [-0.4, -0.2) is 23.5 Å². The van der Waals surface area contributed by atoms with Crippen LogP contribution in [0.3, 0.4) is 0 Å². The smallest absolute Gasteiger partial charge is 0.315 e. The van der Waals surface area contributed by atoms with Gasteiger partial charge in [0.15, 0.2) is 0 Å². The summed E-state index contributed by atoms with van der Waals surface area (Å²) in [6.07, 6.45) is 3.75. The van der Waals surface area contributed by atoms with Crippen LogP contribution >= 0.6 is 0 Å². The average molecular weight is 140 g/mol. The molecule has 2 N–H and O–H groups in total. The number of hydrogen-bond donors (Lipinski definition) is 1. The van der Waals surface area contributed by atoms with Gasteiger partial charge in [-0.25, -0.2) is 4.79 Å². The lowest BCUT2D eigenvalue weighted by atomic mass is 10.0. The second-order valence-corrected chi connectivity index (χ2v) is 2.50. The normalized spacial score (nSPS) is 23.6. The van der Waals surface area contributed by atoms with E-state index in [9.17, 15) is 4.79 Å². The van der Waals surface area contributed by atoms with Crippen molar-refractivity contribution in [3.8, 4) is 0 Å². The van der Waals surface area contributed by atoms with E-state index in [-0.39, 0.29) is 6.03 Å². The summed E-state index contributed by atoms with van der Waals surface area (Å²) in [6.45, 7) is 4.41. The molecule has 1 saturated heterocycles. The second kappa shape index (κ2) is 2.73. The van der Waals surface area contributed by atoms with Gasteiger partial charge in [-0.15, -0.1) is 6.58 Å². The van der Waals surface area contributed by atoms with Crippen LogP contribution in [0.1, 0.15) is 12.8 Å². The van der Waals surface area contributed by atoms with Gasteiger partial charge in [0, 0.05) is 12.6 Å². The summed E-state index contributed by atoms with van der Waals surface area (Å²) in [7, 11) is 0. The van der Waals surface area contributed by atoms with Gasteiger partial charge in [-0.1, -0.05) is 6.08 Å². The molecule has 0 saturated carbocycles. The zero-order chi connectivity index (χ0) is 7.56. The first-order valence-corrected chi connectivity index (χ1v) is 3.42. The number of primary amides is 1. The number of urea groups is 1. The van der Waals surface area contributed by atoms with Crippen LogP contribution in [0.5, 0.6) is 0 Å². The van der Waals surface area contributed by atoms with Gasteiger partial charge in [0.05, 0.1) is 0 Å². The fraction of sp³-hybridized carbons (Fsp3) is 0.571. The highest BCUT2D eigenvalue weighted by Gasteiger charge is 2.28. The Kier molecular flexibility index (Phi) is 1.94. The van der Waals surface area contributed by atoms with E-state index in [0.29, 0.717) is 6.04 Å². The van der Waals surface area contributed by atoms with Crippen molar-refractivity contribution < 1.29 is 4.79 Å². The van der Waals surface area contributed by atoms with Gasteiger partial charge in [-0.3, -0.25) is 0 Å². The standard InChI is InChI=1S/C7H12N2O/c1-2-3-6-4-5-9(6)7(8)10/h2,6H,1,3-5H2,(H2,8,10). The van der Waals surface area contributed by atoms with Crippen LogP contribution in [0.15, 0.2) is 12.7 Å². The Balaban J connectivity index is 2.35. The van der Waals surface area contributed by atoms with Crippen molar-refractivity contribution in [2.24, 2.45) is 5.73 Å². The zero-order valence-electron chi connectivity index (χ0n) is 5.92. The van der Waals surface area contributed by atoms with Crippen molar-refractivity contribution in [2.45, 2.75) is 18.9 Å². The van der Waals surface area contributed by atoms with E-state index in [1.54, 1.807) is 4.90 Å². The van der Waals surface area contributed by atoms with Crippen molar-refractivity contribution in [1.29, 1.82) is 0 Å². The monoisotopic (exact) mass is 140 g/mol. The molecule has 0 aromatic heterocycles. The van der Waals surface area contributed by atoms with Crippen LogP contribution in [0.25, 0.3) is 0 Å². The first-order valence-electron chi connectivity index (χ1n) is 3.42. The van der Waals surface area contributed by atoms with Gasteiger partial charge in [0.2, 0.25) is 0 Å². The molecular weight excluding hydrogens is 128 g/mol. The Morgan fingerprint density at radius 2 is 2.60 bits per heavy atom. The molecule has 0 aromatic rings. The molecule has 1 atom stereocenters. The van der Waals surface area contributed by atoms with E-state index < -0.39 is 0 Å². The first-order chi connectivity index (χ1) is 4.75. The molecule has 10 heavy (non-hydrogen) atoms. The van der Waals surface area contributed by atoms with Crippen molar-refractivity contribution in [2.75, 3.05) is 6.54 Å². The molecule has 2 amide bonds. The average Bonchev–Trinajstić information content (AvgIpc) is 1.78. The highest BCUT2D eigenvalue weighted by molar-refractivity contribution is 5.73. The van der Waals surface area contributed by atoms with Gasteiger partial charge in [0.1, 0.15) is 0 Å². The molecule has 1 aliphatic rings. The maximum atomic E-state index is 10.6. The third-order valence-electron chi connectivity index (χ3n) is 1.87. The molecule has 56 valence electrons. The predicted octanol–water partition coefficient (Wildman–Crippen LogP) is 0.716. The number of hydrogen-bond acceptors (Lipinski definition) is 1. The molecule has 3 nitrogen and oxygen atoms in total. The highest BCUT2D eigenvalue weighted by atomic mass is 16.2. The first kappa shape index (κ1) is 7.12. The molecule has 1 aliphatic heterocycles. The van der Waals surface area contributed by atoms with Crippen LogP contribution in [-0.2, 0) is 0 Å². The lowest BCUT2D eigenvalue weighted by molar-refractivity contribution is 0.124. The third kappa shape index (κ3) is 1.12. The highest BCUT2D eigenvalue weighted by Crippen LogP contribution is 2.19. The van der Waals surface area contributed by atoms with E-state index in [1.165, 1.54) is 0 Å². The van der Waals surface area contributed by atoms with E-state index in [4.69, 9.17) is 5.73 Å². The van der Waals surface area contributed by atoms with Crippen molar-refractivity contribution in [1.82, 2.24) is 4.90 Å². The van der Waals surface area contributed by atoms with E-state index in [1.807, 2.05) is 6.08 Å². The van der Waals surface area contributed by atoms with E-state index in [2.05, 4.69) is 6.58 Å². The summed E-state index contributed by atoms with van der Waals surface area (Å²) in [6, 6.07) is 0.0214. The predicted molar refractivity (Wildman–Crippen MR) is 39.5 cm³/mol. The summed E-state index contributed by atoms with van der Waals surface area (Å²) >= 11 is 0. The molecule has 0 aliphatic carbocycles. The molecule has 0 spiro atoms. The van der Waals surface area contributed by atoms with Gasteiger partial charge in [0.25, 0.3) is 0 Å². The Bertz CT molecular complexity index is 156. The zero-order valence-corrected chi connectivity index (χ0v) is 5.92. The Hall–Kier alpha value is -0.990. The lowest BCUT2D eigenvalue weighted by Gasteiger charge is -2.39. The van der Waals surface area contributed by atoms with Crippen LogP contribution < -0.4 is 5.73 Å². The molecule has 0 aromatic carbocycles. The number of amides is 2. The Labute approximate surface area is 60.5 Å². The van der Waals surface area contributed by atoms with Crippen LogP contribution in [0.2, 0.25) is 0 Å². The van der Waals surface area contributed by atoms with Crippen molar-refractivity contribution >= 4 is 6.03 Å². The number of carbonyl (C=O) groups is 1. The SMILES string of the molecule is C=CCC1CCN1C(N)=O. The van der Waals surface area contributed by atoms with E-state index in [0.717, 1.165) is 19.4 Å². The van der Waals surface area contributed by atoms with Crippen LogP contribution in [0, 0.1) is 0 Å². The Morgan fingerprint density at radius 1 is 1.90 bits per heavy atom. The quantitative estimate of drug-likeness (QED) is 0.564. The van der Waals surface area contributed by atoms with Crippen molar-refractivity contribution in [3.63, 3.8) is 0 Å².